The minimum absolute atomic E-state index is 0.0684. The fourth-order valence-corrected chi connectivity index (χ4v) is 7.73. The van der Waals surface area contributed by atoms with Gasteiger partial charge in [-0.25, -0.2) is 0 Å². The van der Waals surface area contributed by atoms with Crippen LogP contribution in [0.4, 0.5) is 0 Å². The second kappa shape index (κ2) is 45.2. The first-order valence-corrected chi connectivity index (χ1v) is 26.4. The van der Waals surface area contributed by atoms with Crippen LogP contribution >= 0.6 is 0 Å². The van der Waals surface area contributed by atoms with E-state index in [0.717, 1.165) is 135 Å². The number of rotatable bonds is 47. The Morgan fingerprint density at radius 1 is 0.453 bits per heavy atom. The maximum atomic E-state index is 13.2. The molecule has 9 nitrogen and oxygen atoms in total. The summed E-state index contributed by atoms with van der Waals surface area (Å²) >= 11 is 0. The summed E-state index contributed by atoms with van der Waals surface area (Å²) in [4.78, 5) is 54.5. The number of hydrogen-bond acceptors (Lipinski definition) is 8. The van der Waals surface area contributed by atoms with E-state index in [2.05, 4.69) is 62.1 Å². The highest BCUT2D eigenvalue weighted by Gasteiger charge is 2.40. The molecule has 0 aromatic rings. The number of ether oxygens (including phenoxy) is 3. The minimum Gasteiger partial charge on any atom is -0.481 e. The SMILES string of the molecule is CCCC/C=C\CCCCCCCC(=O)OCC(COC(=O)CCCCCCC/C=C\CCCC)(COC(=O)CCCCCN(C)C)CC(CCCCCC/C=C\CCCC)C(=O)O. The lowest BCUT2D eigenvalue weighted by Crippen LogP contribution is -2.42. The lowest BCUT2D eigenvalue weighted by atomic mass is 9.79. The van der Waals surface area contributed by atoms with E-state index in [1.165, 1.54) is 38.5 Å². The summed E-state index contributed by atoms with van der Waals surface area (Å²) in [6, 6.07) is 0. The molecule has 0 aromatic carbocycles. The average Bonchev–Trinajstić information content (AvgIpc) is 3.27. The maximum absolute atomic E-state index is 13.2. The summed E-state index contributed by atoms with van der Waals surface area (Å²) in [5, 5.41) is 10.5. The number of unbranched alkanes of at least 4 members (excludes halogenated alkanes) is 22. The Morgan fingerprint density at radius 3 is 1.11 bits per heavy atom. The number of carbonyl (C=O) groups is 4. The minimum atomic E-state index is -1.19. The number of nitrogens with zero attached hydrogens (tertiary/aromatic N) is 1. The van der Waals surface area contributed by atoms with Crippen LogP contribution in [-0.2, 0) is 33.4 Å². The smallest absolute Gasteiger partial charge is 0.306 e. The number of carboxylic acid groups (broad SMARTS) is 1. The first-order valence-electron chi connectivity index (χ1n) is 26.4. The molecular weight excluding hydrogens is 803 g/mol. The van der Waals surface area contributed by atoms with Gasteiger partial charge in [-0.1, -0.05) is 160 Å². The second-order valence-electron chi connectivity index (χ2n) is 18.8. The number of allylic oxidation sites excluding steroid dienone is 6. The van der Waals surface area contributed by atoms with Gasteiger partial charge in [-0.3, -0.25) is 19.2 Å². The number of carboxylic acids is 1. The fourth-order valence-electron chi connectivity index (χ4n) is 7.73. The summed E-state index contributed by atoms with van der Waals surface area (Å²) in [7, 11) is 4.05. The van der Waals surface area contributed by atoms with Crippen LogP contribution < -0.4 is 0 Å². The molecule has 1 atom stereocenters. The molecule has 0 radical (unpaired) electrons. The summed E-state index contributed by atoms with van der Waals surface area (Å²) in [5.41, 5.74) is -1.19. The Morgan fingerprint density at radius 2 is 0.766 bits per heavy atom. The third-order valence-electron chi connectivity index (χ3n) is 12.0. The van der Waals surface area contributed by atoms with Gasteiger partial charge in [0.2, 0.25) is 0 Å². The third-order valence-corrected chi connectivity index (χ3v) is 12.0. The Labute approximate surface area is 393 Å². The van der Waals surface area contributed by atoms with Gasteiger partial charge in [0.15, 0.2) is 0 Å². The average molecular weight is 902 g/mol. The van der Waals surface area contributed by atoms with Crippen molar-refractivity contribution in [2.75, 3.05) is 40.5 Å². The topological polar surface area (TPSA) is 119 Å². The monoisotopic (exact) mass is 902 g/mol. The van der Waals surface area contributed by atoms with E-state index in [1.807, 2.05) is 14.1 Å². The zero-order valence-corrected chi connectivity index (χ0v) is 42.2. The molecule has 0 amide bonds. The highest BCUT2D eigenvalue weighted by atomic mass is 16.6. The number of esters is 3. The molecule has 0 fully saturated rings. The summed E-state index contributed by atoms with van der Waals surface area (Å²) < 4.78 is 17.7. The predicted octanol–water partition coefficient (Wildman–Crippen LogP) is 14.9. The van der Waals surface area contributed by atoms with Crippen molar-refractivity contribution in [3.8, 4) is 0 Å². The molecule has 64 heavy (non-hydrogen) atoms. The van der Waals surface area contributed by atoms with Crippen LogP contribution in [0.25, 0.3) is 0 Å². The lowest BCUT2D eigenvalue weighted by molar-refractivity contribution is -0.165. The van der Waals surface area contributed by atoms with Crippen LogP contribution in [-0.4, -0.2) is 74.3 Å². The zero-order valence-electron chi connectivity index (χ0n) is 42.2. The highest BCUT2D eigenvalue weighted by Crippen LogP contribution is 2.33. The third kappa shape index (κ3) is 40.6. The van der Waals surface area contributed by atoms with Crippen LogP contribution in [0.15, 0.2) is 36.5 Å². The summed E-state index contributed by atoms with van der Waals surface area (Å²) in [5.74, 6) is -2.84. The first-order chi connectivity index (χ1) is 31.1. The molecule has 0 aliphatic heterocycles. The molecule has 1 N–H and O–H groups in total. The van der Waals surface area contributed by atoms with E-state index in [1.54, 1.807) is 0 Å². The van der Waals surface area contributed by atoms with Crippen LogP contribution in [0.3, 0.4) is 0 Å². The van der Waals surface area contributed by atoms with Gasteiger partial charge in [-0.2, -0.15) is 0 Å². The number of hydrogen-bond donors (Lipinski definition) is 1. The van der Waals surface area contributed by atoms with E-state index in [0.29, 0.717) is 25.7 Å². The molecule has 0 aliphatic carbocycles. The van der Waals surface area contributed by atoms with Crippen LogP contribution in [0.2, 0.25) is 0 Å². The van der Waals surface area contributed by atoms with Crippen molar-refractivity contribution >= 4 is 23.9 Å². The van der Waals surface area contributed by atoms with Crippen LogP contribution in [0.1, 0.15) is 239 Å². The van der Waals surface area contributed by atoms with Crippen molar-refractivity contribution in [3.63, 3.8) is 0 Å². The van der Waals surface area contributed by atoms with Gasteiger partial charge in [-0.05, 0) is 117 Å². The molecule has 0 heterocycles. The van der Waals surface area contributed by atoms with Gasteiger partial charge in [0.1, 0.15) is 19.8 Å². The van der Waals surface area contributed by atoms with E-state index >= 15 is 0 Å². The molecule has 1 unspecified atom stereocenters. The van der Waals surface area contributed by atoms with Crippen molar-refractivity contribution in [2.45, 2.75) is 239 Å². The molecular formula is C55H99NO8. The molecule has 9 heteroatoms. The summed E-state index contributed by atoms with van der Waals surface area (Å²) in [6.07, 6.45) is 44.9. The zero-order chi connectivity index (χ0) is 47.2. The molecule has 0 bridgehead atoms. The van der Waals surface area contributed by atoms with Crippen molar-refractivity contribution in [1.82, 2.24) is 4.90 Å². The largest absolute Gasteiger partial charge is 0.481 e. The maximum Gasteiger partial charge on any atom is 0.306 e. The molecule has 0 saturated heterocycles. The van der Waals surface area contributed by atoms with Crippen LogP contribution in [0.5, 0.6) is 0 Å². The first kappa shape index (κ1) is 61.1. The standard InChI is InChI=1S/C55H99NO8/c1-6-9-12-15-18-21-24-27-30-33-37-42-51(57)62-47-55(49-64-53(59)44-39-35-40-45-56(4)5,46-50(54(60)61)41-36-32-29-26-23-20-17-14-11-8-3)48-63-52(58)43-38-34-31-28-25-22-19-16-13-10-7-2/h15-20,50H,6-14,21-49H2,1-5H3,(H,60,61)/b18-15-,19-16-,20-17-. The quantitative estimate of drug-likeness (QED) is 0.0275. The van der Waals surface area contributed by atoms with Gasteiger partial charge >= 0.3 is 23.9 Å². The van der Waals surface area contributed by atoms with E-state index in [-0.39, 0.29) is 63.4 Å². The normalized spacial score (nSPS) is 12.5. The molecule has 0 aliphatic rings. The van der Waals surface area contributed by atoms with Gasteiger partial charge in [-0.15, -0.1) is 0 Å². The Hall–Kier alpha value is -2.94. The van der Waals surface area contributed by atoms with Crippen LogP contribution in [0, 0.1) is 11.3 Å². The van der Waals surface area contributed by atoms with Gasteiger partial charge in [0, 0.05) is 19.3 Å². The van der Waals surface area contributed by atoms with Crippen molar-refractivity contribution < 1.29 is 38.5 Å². The van der Waals surface area contributed by atoms with Crippen molar-refractivity contribution in [1.29, 1.82) is 0 Å². The number of aliphatic carboxylic acids is 1. The molecule has 0 rings (SSSR count). The molecule has 372 valence electrons. The second-order valence-corrected chi connectivity index (χ2v) is 18.8. The van der Waals surface area contributed by atoms with E-state index < -0.39 is 17.3 Å². The van der Waals surface area contributed by atoms with E-state index in [9.17, 15) is 24.3 Å². The Kier molecular flexibility index (Phi) is 43.1. The van der Waals surface area contributed by atoms with E-state index in [4.69, 9.17) is 14.2 Å². The highest BCUT2D eigenvalue weighted by molar-refractivity contribution is 5.71. The number of carbonyl (C=O) groups excluding carboxylic acids is 3. The Bertz CT molecular complexity index is 1160. The van der Waals surface area contributed by atoms with Crippen molar-refractivity contribution in [3.05, 3.63) is 36.5 Å². The Balaban J connectivity index is 5.74. The fraction of sp³-hybridized carbons (Fsp3) is 0.818. The predicted molar refractivity (Wildman–Crippen MR) is 266 cm³/mol. The molecule has 0 spiro atoms. The van der Waals surface area contributed by atoms with Gasteiger partial charge in [0.05, 0.1) is 11.3 Å². The molecule has 0 saturated carbocycles. The van der Waals surface area contributed by atoms with Crippen molar-refractivity contribution in [2.24, 2.45) is 11.3 Å². The van der Waals surface area contributed by atoms with Gasteiger partial charge in [0.25, 0.3) is 0 Å². The lowest BCUT2D eigenvalue weighted by Gasteiger charge is -2.34. The summed E-state index contributed by atoms with van der Waals surface area (Å²) in [6.45, 7) is 7.01. The molecule has 0 aromatic heterocycles. The van der Waals surface area contributed by atoms with Gasteiger partial charge < -0.3 is 24.2 Å².